The van der Waals surface area contributed by atoms with Crippen molar-refractivity contribution in [1.82, 2.24) is 15.1 Å². The zero-order valence-electron chi connectivity index (χ0n) is 10.5. The summed E-state index contributed by atoms with van der Waals surface area (Å²) in [6.45, 7) is 4.47. The standard InChI is InChI=1S/C13H23N3/c1-3-14-11-13(7-4-8-13)9-5-12-6-10-15-16(12)2/h6,10,14H,3-5,7-9,11H2,1-2H3. The summed E-state index contributed by atoms with van der Waals surface area (Å²) in [5, 5.41) is 7.74. The Kier molecular flexibility index (Phi) is 3.64. The van der Waals surface area contributed by atoms with Crippen molar-refractivity contribution in [1.29, 1.82) is 0 Å². The van der Waals surface area contributed by atoms with Crippen LogP contribution in [-0.4, -0.2) is 22.9 Å². The number of hydrogen-bond acceptors (Lipinski definition) is 2. The molecule has 0 bridgehead atoms. The van der Waals surface area contributed by atoms with Crippen molar-refractivity contribution < 1.29 is 0 Å². The third-order valence-corrected chi connectivity index (χ3v) is 4.00. The highest BCUT2D eigenvalue weighted by Crippen LogP contribution is 2.44. The van der Waals surface area contributed by atoms with Gasteiger partial charge in [-0.1, -0.05) is 13.3 Å². The summed E-state index contributed by atoms with van der Waals surface area (Å²) in [6, 6.07) is 2.14. The smallest absolute Gasteiger partial charge is 0.0492 e. The van der Waals surface area contributed by atoms with Crippen LogP contribution < -0.4 is 5.32 Å². The van der Waals surface area contributed by atoms with Gasteiger partial charge in [-0.3, -0.25) is 4.68 Å². The Labute approximate surface area is 98.2 Å². The molecule has 16 heavy (non-hydrogen) atoms. The molecule has 1 aromatic rings. The molecule has 1 saturated carbocycles. The second-order valence-electron chi connectivity index (χ2n) is 5.08. The molecule has 2 rings (SSSR count). The van der Waals surface area contributed by atoms with Crippen molar-refractivity contribution in [2.45, 2.75) is 39.0 Å². The number of nitrogens with one attached hydrogen (secondary N) is 1. The lowest BCUT2D eigenvalue weighted by atomic mass is 9.66. The van der Waals surface area contributed by atoms with E-state index in [1.165, 1.54) is 44.3 Å². The third kappa shape index (κ3) is 2.46. The van der Waals surface area contributed by atoms with Crippen LogP contribution in [0.3, 0.4) is 0 Å². The van der Waals surface area contributed by atoms with Gasteiger partial charge in [0.05, 0.1) is 0 Å². The van der Waals surface area contributed by atoms with Crippen LogP contribution in [0.2, 0.25) is 0 Å². The highest BCUT2D eigenvalue weighted by molar-refractivity contribution is 5.02. The van der Waals surface area contributed by atoms with Crippen molar-refractivity contribution in [2.24, 2.45) is 12.5 Å². The summed E-state index contributed by atoms with van der Waals surface area (Å²) in [7, 11) is 2.03. The number of rotatable bonds is 6. The largest absolute Gasteiger partial charge is 0.316 e. The van der Waals surface area contributed by atoms with E-state index in [0.717, 1.165) is 6.54 Å². The van der Waals surface area contributed by atoms with Crippen LogP contribution >= 0.6 is 0 Å². The molecule has 0 amide bonds. The molecule has 0 spiro atoms. The van der Waals surface area contributed by atoms with Crippen molar-refractivity contribution in [3.8, 4) is 0 Å². The molecule has 90 valence electrons. The average Bonchev–Trinajstić information content (AvgIpc) is 2.62. The highest BCUT2D eigenvalue weighted by Gasteiger charge is 2.35. The van der Waals surface area contributed by atoms with Crippen molar-refractivity contribution in [3.05, 3.63) is 18.0 Å². The Morgan fingerprint density at radius 3 is 2.81 bits per heavy atom. The van der Waals surface area contributed by atoms with E-state index in [1.807, 2.05) is 17.9 Å². The average molecular weight is 221 g/mol. The van der Waals surface area contributed by atoms with Gasteiger partial charge in [0.1, 0.15) is 0 Å². The SMILES string of the molecule is CCNCC1(CCc2ccnn2C)CCC1. The topological polar surface area (TPSA) is 29.9 Å². The number of hydrogen-bond donors (Lipinski definition) is 1. The summed E-state index contributed by atoms with van der Waals surface area (Å²) in [4.78, 5) is 0. The molecule has 0 aromatic carbocycles. The van der Waals surface area contributed by atoms with Gasteiger partial charge in [0.25, 0.3) is 0 Å². The van der Waals surface area contributed by atoms with Gasteiger partial charge >= 0.3 is 0 Å². The van der Waals surface area contributed by atoms with Crippen LogP contribution in [0.25, 0.3) is 0 Å². The molecular formula is C13H23N3. The van der Waals surface area contributed by atoms with E-state index < -0.39 is 0 Å². The van der Waals surface area contributed by atoms with Gasteiger partial charge in [-0.2, -0.15) is 5.10 Å². The third-order valence-electron chi connectivity index (χ3n) is 4.00. The van der Waals surface area contributed by atoms with Gasteiger partial charge in [-0.15, -0.1) is 0 Å². The maximum atomic E-state index is 4.22. The first kappa shape index (κ1) is 11.6. The number of aryl methyl sites for hydroxylation is 2. The van der Waals surface area contributed by atoms with Crippen LogP contribution in [-0.2, 0) is 13.5 Å². The molecule has 0 unspecified atom stereocenters. The van der Waals surface area contributed by atoms with Gasteiger partial charge in [0.2, 0.25) is 0 Å². The molecule has 0 atom stereocenters. The summed E-state index contributed by atoms with van der Waals surface area (Å²) in [6.07, 6.45) is 8.58. The van der Waals surface area contributed by atoms with Crippen LogP contribution in [0, 0.1) is 5.41 Å². The Morgan fingerprint density at radius 2 is 2.31 bits per heavy atom. The first-order valence-electron chi connectivity index (χ1n) is 6.43. The number of aromatic nitrogens is 2. The van der Waals surface area contributed by atoms with Crippen LogP contribution in [0.1, 0.15) is 38.3 Å². The molecule has 3 heteroatoms. The minimum atomic E-state index is 0.584. The van der Waals surface area contributed by atoms with Crippen LogP contribution in [0.15, 0.2) is 12.3 Å². The molecule has 1 fully saturated rings. The highest BCUT2D eigenvalue weighted by atomic mass is 15.2. The molecule has 0 saturated heterocycles. The maximum absolute atomic E-state index is 4.22. The minimum Gasteiger partial charge on any atom is -0.316 e. The monoisotopic (exact) mass is 221 g/mol. The zero-order valence-corrected chi connectivity index (χ0v) is 10.5. The quantitative estimate of drug-likeness (QED) is 0.797. The lowest BCUT2D eigenvalue weighted by Gasteiger charge is -2.42. The maximum Gasteiger partial charge on any atom is 0.0492 e. The van der Waals surface area contributed by atoms with E-state index in [-0.39, 0.29) is 0 Å². The zero-order chi connectivity index (χ0) is 11.4. The van der Waals surface area contributed by atoms with Crippen LogP contribution in [0.5, 0.6) is 0 Å². The first-order chi connectivity index (χ1) is 7.76. The molecule has 1 aliphatic carbocycles. The predicted molar refractivity (Wildman–Crippen MR) is 66.4 cm³/mol. The van der Waals surface area contributed by atoms with Gasteiger partial charge in [-0.05, 0) is 43.7 Å². The fourth-order valence-corrected chi connectivity index (χ4v) is 2.62. The summed E-state index contributed by atoms with van der Waals surface area (Å²) in [5.41, 5.74) is 1.95. The molecule has 1 heterocycles. The van der Waals surface area contributed by atoms with E-state index in [0.29, 0.717) is 5.41 Å². The van der Waals surface area contributed by atoms with Gasteiger partial charge in [-0.25, -0.2) is 0 Å². The van der Waals surface area contributed by atoms with E-state index in [4.69, 9.17) is 0 Å². The predicted octanol–water partition coefficient (Wildman–Crippen LogP) is 2.13. The minimum absolute atomic E-state index is 0.584. The van der Waals surface area contributed by atoms with Gasteiger partial charge < -0.3 is 5.32 Å². The second kappa shape index (κ2) is 5.00. The summed E-state index contributed by atoms with van der Waals surface area (Å²) >= 11 is 0. The Bertz CT molecular complexity index is 326. The Balaban J connectivity index is 1.85. The first-order valence-corrected chi connectivity index (χ1v) is 6.43. The van der Waals surface area contributed by atoms with Gasteiger partial charge in [0.15, 0.2) is 0 Å². The van der Waals surface area contributed by atoms with E-state index in [2.05, 4.69) is 23.4 Å². The second-order valence-corrected chi connectivity index (χ2v) is 5.08. The fraction of sp³-hybridized carbons (Fsp3) is 0.769. The lowest BCUT2D eigenvalue weighted by Crippen LogP contribution is -2.40. The normalized spacial score (nSPS) is 18.4. The molecule has 1 N–H and O–H groups in total. The summed E-state index contributed by atoms with van der Waals surface area (Å²) < 4.78 is 2.00. The fourth-order valence-electron chi connectivity index (χ4n) is 2.62. The Morgan fingerprint density at radius 1 is 1.50 bits per heavy atom. The molecule has 0 radical (unpaired) electrons. The molecule has 3 nitrogen and oxygen atoms in total. The molecule has 1 aromatic heterocycles. The number of nitrogens with zero attached hydrogens (tertiary/aromatic N) is 2. The van der Waals surface area contributed by atoms with Crippen molar-refractivity contribution >= 4 is 0 Å². The van der Waals surface area contributed by atoms with E-state index in [1.54, 1.807) is 0 Å². The lowest BCUT2D eigenvalue weighted by molar-refractivity contribution is 0.117. The Hall–Kier alpha value is -0.830. The summed E-state index contributed by atoms with van der Waals surface area (Å²) in [5.74, 6) is 0. The van der Waals surface area contributed by atoms with Crippen molar-refractivity contribution in [2.75, 3.05) is 13.1 Å². The van der Waals surface area contributed by atoms with Crippen molar-refractivity contribution in [3.63, 3.8) is 0 Å². The van der Waals surface area contributed by atoms with E-state index in [9.17, 15) is 0 Å². The molecular weight excluding hydrogens is 198 g/mol. The molecule has 1 aliphatic rings. The molecule has 0 aliphatic heterocycles. The van der Waals surface area contributed by atoms with Crippen LogP contribution in [0.4, 0.5) is 0 Å². The van der Waals surface area contributed by atoms with E-state index >= 15 is 0 Å². The van der Waals surface area contributed by atoms with Gasteiger partial charge in [0, 0.05) is 25.5 Å².